The van der Waals surface area contributed by atoms with Gasteiger partial charge >= 0.3 is 0 Å². The van der Waals surface area contributed by atoms with E-state index in [9.17, 15) is 28.8 Å². The van der Waals surface area contributed by atoms with Crippen LogP contribution >= 0.6 is 0 Å². The van der Waals surface area contributed by atoms with Crippen LogP contribution < -0.4 is 26.6 Å². The molecule has 5 N–H and O–H groups in total. The van der Waals surface area contributed by atoms with Crippen molar-refractivity contribution in [2.45, 2.75) is 57.2 Å². The van der Waals surface area contributed by atoms with Crippen molar-refractivity contribution >= 4 is 46.9 Å². The summed E-state index contributed by atoms with van der Waals surface area (Å²) in [6.45, 7) is 8.54. The van der Waals surface area contributed by atoms with Gasteiger partial charge in [-0.25, -0.2) is 4.98 Å². The zero-order chi connectivity index (χ0) is 55.6. The van der Waals surface area contributed by atoms with Crippen LogP contribution in [0.1, 0.15) is 82.0 Å². The van der Waals surface area contributed by atoms with Gasteiger partial charge in [0.15, 0.2) is 0 Å². The number of pyridine rings is 1. The molecule has 0 radical (unpaired) electrons. The Bertz CT molecular complexity index is 2830. The second-order valence-electron chi connectivity index (χ2n) is 18.5. The zero-order valence-corrected chi connectivity index (χ0v) is 44.3. The van der Waals surface area contributed by atoms with Crippen LogP contribution in [0.2, 0.25) is 0 Å². The molecule has 1 saturated heterocycles. The van der Waals surface area contributed by atoms with Crippen LogP contribution in [0.15, 0.2) is 104 Å². The number of benzene rings is 3. The molecule has 7 rings (SSSR count). The minimum atomic E-state index is -1.03. The first-order valence-corrected chi connectivity index (χ1v) is 26.5. The number of ether oxygens (including phenoxy) is 6. The van der Waals surface area contributed by atoms with Gasteiger partial charge in [-0.15, -0.1) is 0 Å². The van der Waals surface area contributed by atoms with E-state index in [1.54, 1.807) is 53.5 Å². The van der Waals surface area contributed by atoms with E-state index >= 15 is 0 Å². The number of nitrogens with zero attached hydrogens (tertiary/aromatic N) is 5. The lowest BCUT2D eigenvalue weighted by atomic mass is 9.98. The van der Waals surface area contributed by atoms with Crippen LogP contribution in [0.3, 0.4) is 0 Å². The Kier molecular flexibility index (Phi) is 23.6. The summed E-state index contributed by atoms with van der Waals surface area (Å²) in [6, 6.07) is 26.0. The number of aryl methyl sites for hydroxylation is 1. The quantitative estimate of drug-likeness (QED) is 0.0278. The van der Waals surface area contributed by atoms with E-state index in [-0.39, 0.29) is 41.7 Å². The van der Waals surface area contributed by atoms with Gasteiger partial charge in [-0.1, -0.05) is 55.5 Å². The number of nitrogens with one attached hydrogen (secondary N) is 5. The van der Waals surface area contributed by atoms with E-state index in [4.69, 9.17) is 33.7 Å². The topological polar surface area (TPSA) is 276 Å². The fourth-order valence-corrected chi connectivity index (χ4v) is 8.65. The van der Waals surface area contributed by atoms with Crippen LogP contribution in [-0.4, -0.2) is 160 Å². The molecule has 0 saturated carbocycles. The first kappa shape index (κ1) is 58.9. The molecule has 0 bridgehead atoms. The summed E-state index contributed by atoms with van der Waals surface area (Å²) < 4.78 is 35.1. The van der Waals surface area contributed by atoms with Crippen molar-refractivity contribution < 1.29 is 57.2 Å². The Morgan fingerprint density at radius 2 is 1.39 bits per heavy atom. The fourth-order valence-electron chi connectivity index (χ4n) is 8.65. The number of hydrogen-bond acceptors (Lipinski definition) is 17. The van der Waals surface area contributed by atoms with Crippen LogP contribution in [0.5, 0.6) is 0 Å². The van der Waals surface area contributed by atoms with E-state index in [1.807, 2.05) is 54.7 Å². The number of rotatable bonds is 35. The molecule has 1 unspecified atom stereocenters. The predicted octanol–water partition coefficient (Wildman–Crippen LogP) is 4.40. The zero-order valence-electron chi connectivity index (χ0n) is 44.3. The molecule has 2 aromatic heterocycles. The number of carbonyl (C=O) groups excluding carboxylic acids is 6. The number of aromatic nitrogens is 3. The number of anilines is 2. The monoisotopic (exact) mass is 1080 g/mol. The van der Waals surface area contributed by atoms with Crippen molar-refractivity contribution in [2.24, 2.45) is 0 Å². The first-order chi connectivity index (χ1) is 38.6. The maximum Gasteiger partial charge on any atom is 0.264 e. The summed E-state index contributed by atoms with van der Waals surface area (Å²) in [5.74, 6) is -2.00. The highest BCUT2D eigenvalue weighted by Crippen LogP contribution is 2.32. The lowest BCUT2D eigenvalue weighted by Crippen LogP contribution is -2.54. The molecule has 4 heterocycles. The van der Waals surface area contributed by atoms with Gasteiger partial charge in [-0.3, -0.25) is 43.7 Å². The van der Waals surface area contributed by atoms with Gasteiger partial charge in [-0.2, -0.15) is 10.4 Å². The van der Waals surface area contributed by atoms with Gasteiger partial charge in [0.1, 0.15) is 17.9 Å². The minimum absolute atomic E-state index is 0.0541. The molecule has 3 aromatic carbocycles. The number of imide groups is 2. The summed E-state index contributed by atoms with van der Waals surface area (Å²) in [5, 5.41) is 28.2. The molecule has 1 fully saturated rings. The van der Waals surface area contributed by atoms with E-state index in [0.29, 0.717) is 135 Å². The second-order valence-corrected chi connectivity index (χ2v) is 18.5. The van der Waals surface area contributed by atoms with Crippen LogP contribution in [0.4, 0.5) is 11.5 Å². The number of piperidine rings is 1. The summed E-state index contributed by atoms with van der Waals surface area (Å²) in [6.07, 6.45) is 6.43. The third-order valence-corrected chi connectivity index (χ3v) is 12.9. The SMILES string of the molecule is C[C@H](CN[C@@H](C(=O)Nc1ccc(-c2cnn(CCCC(=O)NCCOCCOCCOCCOCCOCCOCCNc3cccc4c3C(=O)N(C3CCC(=O)NC3=O)C4=O)c2)cn1)c1ccccc1)c1ccc(C#N)cc1. The molecule has 0 spiro atoms. The molecule has 2 aliphatic heterocycles. The molecule has 418 valence electrons. The highest BCUT2D eigenvalue weighted by Gasteiger charge is 2.45. The van der Waals surface area contributed by atoms with Gasteiger partial charge in [0.2, 0.25) is 23.6 Å². The molecule has 22 nitrogen and oxygen atoms in total. The van der Waals surface area contributed by atoms with Crippen molar-refractivity contribution in [3.05, 3.63) is 131 Å². The average Bonchev–Trinajstić information content (AvgIpc) is 4.27. The van der Waals surface area contributed by atoms with Crippen molar-refractivity contribution in [2.75, 3.05) is 110 Å². The second kappa shape index (κ2) is 31.6. The van der Waals surface area contributed by atoms with E-state index < -0.39 is 35.7 Å². The van der Waals surface area contributed by atoms with E-state index in [1.165, 1.54) is 0 Å². The van der Waals surface area contributed by atoms with Gasteiger partial charge in [0.05, 0.1) is 108 Å². The van der Waals surface area contributed by atoms with Gasteiger partial charge in [0.25, 0.3) is 11.8 Å². The first-order valence-electron chi connectivity index (χ1n) is 26.5. The van der Waals surface area contributed by atoms with Crippen LogP contribution in [0.25, 0.3) is 11.1 Å². The Hall–Kier alpha value is -7.75. The lowest BCUT2D eigenvalue weighted by molar-refractivity contribution is -0.136. The Morgan fingerprint density at radius 1 is 0.734 bits per heavy atom. The molecular weight excluding hydrogens is 1020 g/mol. The lowest BCUT2D eigenvalue weighted by Gasteiger charge is -2.27. The van der Waals surface area contributed by atoms with Crippen molar-refractivity contribution in [3.63, 3.8) is 0 Å². The smallest absolute Gasteiger partial charge is 0.264 e. The average molecular weight is 1090 g/mol. The van der Waals surface area contributed by atoms with Crippen molar-refractivity contribution in [1.29, 1.82) is 5.26 Å². The standard InChI is InChI=1S/C57H68N10O12/c1-40(42-14-12-41(35-58)13-15-42)36-62-53(43-7-3-2-4-8-43)55(71)64-49-18-16-44(37-61-49)45-38-63-66(39-45)22-6-11-50(68)60-21-24-75-26-28-77-30-32-79-34-33-78-31-29-76-27-25-74-23-20-59-47-10-5-9-46-52(47)57(73)67(56(46)72)48-17-19-51(69)65-54(48)70/h2-5,7-10,12-16,18,37-40,48,53,59,62H,6,11,17,19-34,36H2,1H3,(H,60,68)(H,61,64,71)(H,65,69,70)/t40-,48?,53-/m1/s1. The summed E-state index contributed by atoms with van der Waals surface area (Å²) >= 11 is 0. The third-order valence-electron chi connectivity index (χ3n) is 12.9. The number of hydrogen-bond donors (Lipinski definition) is 5. The Morgan fingerprint density at radius 3 is 2.03 bits per heavy atom. The molecule has 0 aliphatic carbocycles. The normalized spacial score (nSPS) is 14.8. The van der Waals surface area contributed by atoms with Crippen molar-refractivity contribution in [3.8, 4) is 17.2 Å². The number of carbonyl (C=O) groups is 6. The van der Waals surface area contributed by atoms with Crippen LogP contribution in [0, 0.1) is 11.3 Å². The Labute approximate surface area is 458 Å². The highest BCUT2D eigenvalue weighted by molar-refractivity contribution is 6.25. The molecule has 6 amide bonds. The van der Waals surface area contributed by atoms with E-state index in [2.05, 4.69) is 49.7 Å². The summed E-state index contributed by atoms with van der Waals surface area (Å²) in [4.78, 5) is 81.6. The van der Waals surface area contributed by atoms with Gasteiger partial charge in [0, 0.05) is 68.2 Å². The van der Waals surface area contributed by atoms with Crippen LogP contribution in [-0.2, 0) is 54.1 Å². The Balaban J connectivity index is 0.637. The molecule has 3 atom stereocenters. The molecule has 79 heavy (non-hydrogen) atoms. The number of nitriles is 1. The van der Waals surface area contributed by atoms with E-state index in [0.717, 1.165) is 27.2 Å². The maximum absolute atomic E-state index is 13.6. The molecule has 2 aliphatic rings. The number of amides is 6. The largest absolute Gasteiger partial charge is 0.382 e. The number of fused-ring (bicyclic) bond motifs is 1. The predicted molar refractivity (Wildman–Crippen MR) is 290 cm³/mol. The minimum Gasteiger partial charge on any atom is -0.382 e. The fraction of sp³-hybridized carbons (Fsp3) is 0.421. The summed E-state index contributed by atoms with van der Waals surface area (Å²) in [7, 11) is 0. The summed E-state index contributed by atoms with van der Waals surface area (Å²) in [5.41, 5.74) is 5.07. The molecule has 5 aromatic rings. The van der Waals surface area contributed by atoms with Gasteiger partial charge < -0.3 is 49.7 Å². The van der Waals surface area contributed by atoms with Crippen molar-refractivity contribution in [1.82, 2.24) is 35.6 Å². The molecule has 22 heteroatoms. The molecular formula is C57H68N10O12. The third kappa shape index (κ3) is 18.2. The highest BCUT2D eigenvalue weighted by atomic mass is 16.6. The maximum atomic E-state index is 13.6. The van der Waals surface area contributed by atoms with Gasteiger partial charge in [-0.05, 0) is 66.3 Å².